The van der Waals surface area contributed by atoms with E-state index >= 15 is 0 Å². The number of halogens is 1. The van der Waals surface area contributed by atoms with Crippen LogP contribution in [0.25, 0.3) is 10.9 Å². The predicted molar refractivity (Wildman–Crippen MR) is 87.7 cm³/mol. The number of nitrogens with one attached hydrogen (secondary N) is 1. The van der Waals surface area contributed by atoms with Gasteiger partial charge in [-0.15, -0.1) is 0 Å². The Morgan fingerprint density at radius 3 is 2.50 bits per heavy atom. The lowest BCUT2D eigenvalue weighted by atomic mass is 10.2. The number of nitrogens with zero attached hydrogens (tertiary/aromatic N) is 2. The molecular formula is C15H14ClN3O2S. The first-order valence-electron chi connectivity index (χ1n) is 6.58. The van der Waals surface area contributed by atoms with Gasteiger partial charge >= 0.3 is 0 Å². The third-order valence-corrected chi connectivity index (χ3v) is 5.07. The summed E-state index contributed by atoms with van der Waals surface area (Å²) in [6, 6.07) is 11.8. The quantitative estimate of drug-likeness (QED) is 0.798. The van der Waals surface area contributed by atoms with Gasteiger partial charge in [0.05, 0.1) is 10.4 Å². The number of hydrogen-bond donors (Lipinski definition) is 1. The summed E-state index contributed by atoms with van der Waals surface area (Å²) < 4.78 is 29.0. The number of sulfonamides is 1. The lowest BCUT2D eigenvalue weighted by Crippen LogP contribution is -2.12. The Balaban J connectivity index is 1.98. The minimum atomic E-state index is -3.63. The molecule has 22 heavy (non-hydrogen) atoms. The molecule has 0 aliphatic carbocycles. The van der Waals surface area contributed by atoms with Crippen LogP contribution in [-0.4, -0.2) is 18.2 Å². The van der Waals surface area contributed by atoms with Crippen LogP contribution in [0.4, 0.5) is 5.69 Å². The monoisotopic (exact) mass is 335 g/mol. The normalized spacial score (nSPS) is 11.8. The van der Waals surface area contributed by atoms with Gasteiger partial charge in [0.25, 0.3) is 10.0 Å². The van der Waals surface area contributed by atoms with Crippen LogP contribution >= 0.6 is 11.6 Å². The second kappa shape index (κ2) is 5.30. The van der Waals surface area contributed by atoms with Crippen molar-refractivity contribution in [3.05, 3.63) is 53.2 Å². The van der Waals surface area contributed by atoms with Crippen molar-refractivity contribution in [1.82, 2.24) is 9.78 Å². The molecule has 0 saturated carbocycles. The summed E-state index contributed by atoms with van der Waals surface area (Å²) in [7, 11) is -1.84. The van der Waals surface area contributed by atoms with Gasteiger partial charge in [0.15, 0.2) is 5.15 Å². The minimum Gasteiger partial charge on any atom is -0.280 e. The molecule has 1 N–H and O–H groups in total. The van der Waals surface area contributed by atoms with Gasteiger partial charge in [-0.3, -0.25) is 9.40 Å². The van der Waals surface area contributed by atoms with Crippen molar-refractivity contribution in [2.75, 3.05) is 4.72 Å². The Morgan fingerprint density at radius 1 is 1.14 bits per heavy atom. The largest absolute Gasteiger partial charge is 0.280 e. The van der Waals surface area contributed by atoms with Crippen LogP contribution in [0.15, 0.2) is 47.4 Å². The molecule has 0 spiro atoms. The topological polar surface area (TPSA) is 64.0 Å². The molecule has 3 aromatic rings. The third kappa shape index (κ3) is 2.67. The lowest BCUT2D eigenvalue weighted by molar-refractivity contribution is 0.601. The molecule has 0 saturated heterocycles. The van der Waals surface area contributed by atoms with Gasteiger partial charge in [-0.1, -0.05) is 29.3 Å². The van der Waals surface area contributed by atoms with Gasteiger partial charge in [0.1, 0.15) is 0 Å². The standard InChI is InChI=1S/C15H14ClN3O2S/c1-10-3-6-12(7-4-10)22(20,21)18-11-5-8-14-13(9-11)15(16)17-19(14)2/h3-9,18H,1-2H3. The lowest BCUT2D eigenvalue weighted by Gasteiger charge is -2.08. The maximum absolute atomic E-state index is 12.4. The SMILES string of the molecule is Cc1ccc(S(=O)(=O)Nc2ccc3c(c2)c(Cl)nn3C)cc1. The number of aromatic nitrogens is 2. The fourth-order valence-corrected chi connectivity index (χ4v) is 3.53. The zero-order valence-corrected chi connectivity index (χ0v) is 13.6. The predicted octanol–water partition coefficient (Wildman–Crippen LogP) is 3.34. The second-order valence-electron chi connectivity index (χ2n) is 5.06. The van der Waals surface area contributed by atoms with E-state index in [1.165, 1.54) is 0 Å². The Labute approximate surface area is 133 Å². The van der Waals surface area contributed by atoms with Crippen LogP contribution in [0.3, 0.4) is 0 Å². The number of aryl methyl sites for hydroxylation is 2. The Morgan fingerprint density at radius 2 is 1.82 bits per heavy atom. The van der Waals surface area contributed by atoms with Crippen LogP contribution in [0.2, 0.25) is 5.15 Å². The molecule has 1 aromatic heterocycles. The van der Waals surface area contributed by atoms with Crippen molar-refractivity contribution in [3.8, 4) is 0 Å². The molecular weight excluding hydrogens is 322 g/mol. The molecule has 1 heterocycles. The van der Waals surface area contributed by atoms with E-state index in [9.17, 15) is 8.42 Å². The van der Waals surface area contributed by atoms with E-state index in [-0.39, 0.29) is 4.90 Å². The molecule has 2 aromatic carbocycles. The van der Waals surface area contributed by atoms with E-state index in [1.807, 2.05) is 6.92 Å². The maximum atomic E-state index is 12.4. The summed E-state index contributed by atoms with van der Waals surface area (Å²) in [4.78, 5) is 0.218. The van der Waals surface area contributed by atoms with E-state index in [4.69, 9.17) is 11.6 Å². The molecule has 0 radical (unpaired) electrons. The van der Waals surface area contributed by atoms with Gasteiger partial charge in [0.2, 0.25) is 0 Å². The molecule has 0 aliphatic heterocycles. The summed E-state index contributed by atoms with van der Waals surface area (Å²) in [5.74, 6) is 0. The van der Waals surface area contributed by atoms with E-state index in [2.05, 4.69) is 9.82 Å². The number of benzene rings is 2. The van der Waals surface area contributed by atoms with Gasteiger partial charge in [0, 0.05) is 18.1 Å². The molecule has 3 rings (SSSR count). The van der Waals surface area contributed by atoms with Crippen LogP contribution in [0, 0.1) is 6.92 Å². The maximum Gasteiger partial charge on any atom is 0.261 e. The highest BCUT2D eigenvalue weighted by molar-refractivity contribution is 7.92. The molecule has 0 bridgehead atoms. The Hall–Kier alpha value is -2.05. The number of fused-ring (bicyclic) bond motifs is 1. The highest BCUT2D eigenvalue weighted by atomic mass is 35.5. The molecule has 7 heteroatoms. The van der Waals surface area contributed by atoms with Crippen LogP contribution in [0.5, 0.6) is 0 Å². The van der Waals surface area contributed by atoms with Crippen LogP contribution < -0.4 is 4.72 Å². The smallest absolute Gasteiger partial charge is 0.261 e. The molecule has 114 valence electrons. The molecule has 0 aliphatic rings. The first-order chi connectivity index (χ1) is 10.4. The molecule has 0 fully saturated rings. The molecule has 5 nitrogen and oxygen atoms in total. The van der Waals surface area contributed by atoms with E-state index in [0.29, 0.717) is 16.2 Å². The third-order valence-electron chi connectivity index (χ3n) is 3.39. The van der Waals surface area contributed by atoms with Crippen molar-refractivity contribution in [2.24, 2.45) is 7.05 Å². The van der Waals surface area contributed by atoms with Crippen molar-refractivity contribution < 1.29 is 8.42 Å². The molecule has 0 atom stereocenters. The molecule has 0 amide bonds. The van der Waals surface area contributed by atoms with Crippen molar-refractivity contribution in [1.29, 1.82) is 0 Å². The van der Waals surface area contributed by atoms with Gasteiger partial charge in [-0.05, 0) is 37.3 Å². The van der Waals surface area contributed by atoms with Crippen molar-refractivity contribution >= 4 is 38.2 Å². The van der Waals surface area contributed by atoms with Crippen molar-refractivity contribution in [3.63, 3.8) is 0 Å². The average molecular weight is 336 g/mol. The number of hydrogen-bond acceptors (Lipinski definition) is 3. The second-order valence-corrected chi connectivity index (χ2v) is 7.11. The Bertz CT molecular complexity index is 947. The highest BCUT2D eigenvalue weighted by Gasteiger charge is 2.15. The summed E-state index contributed by atoms with van der Waals surface area (Å²) in [6.07, 6.45) is 0. The van der Waals surface area contributed by atoms with Gasteiger partial charge < -0.3 is 0 Å². The van der Waals surface area contributed by atoms with E-state index in [1.54, 1.807) is 54.2 Å². The number of rotatable bonds is 3. The van der Waals surface area contributed by atoms with E-state index in [0.717, 1.165) is 11.1 Å². The number of anilines is 1. The van der Waals surface area contributed by atoms with Crippen molar-refractivity contribution in [2.45, 2.75) is 11.8 Å². The fraction of sp³-hybridized carbons (Fsp3) is 0.133. The summed E-state index contributed by atoms with van der Waals surface area (Å²) in [6.45, 7) is 1.90. The van der Waals surface area contributed by atoms with Crippen LogP contribution in [-0.2, 0) is 17.1 Å². The summed E-state index contributed by atoms with van der Waals surface area (Å²) in [5, 5.41) is 5.14. The van der Waals surface area contributed by atoms with Gasteiger partial charge in [-0.2, -0.15) is 5.10 Å². The summed E-state index contributed by atoms with van der Waals surface area (Å²) in [5.41, 5.74) is 2.29. The highest BCUT2D eigenvalue weighted by Crippen LogP contribution is 2.26. The zero-order valence-electron chi connectivity index (χ0n) is 12.0. The average Bonchev–Trinajstić information content (AvgIpc) is 2.74. The minimum absolute atomic E-state index is 0.218. The zero-order chi connectivity index (χ0) is 15.9. The van der Waals surface area contributed by atoms with E-state index < -0.39 is 10.0 Å². The van der Waals surface area contributed by atoms with Crippen LogP contribution in [0.1, 0.15) is 5.56 Å². The van der Waals surface area contributed by atoms with Gasteiger partial charge in [-0.25, -0.2) is 8.42 Å². The summed E-state index contributed by atoms with van der Waals surface area (Å²) >= 11 is 6.05. The first-order valence-corrected chi connectivity index (χ1v) is 8.45. The molecule has 0 unspecified atom stereocenters. The fourth-order valence-electron chi connectivity index (χ4n) is 2.22. The Kier molecular flexibility index (Phi) is 3.58. The first kappa shape index (κ1) is 14.9.